The Hall–Kier alpha value is -1.80. The van der Waals surface area contributed by atoms with Crippen molar-refractivity contribution in [3.63, 3.8) is 0 Å². The van der Waals surface area contributed by atoms with Crippen LogP contribution in [0.4, 0.5) is 13.2 Å². The van der Waals surface area contributed by atoms with Crippen LogP contribution in [0.5, 0.6) is 0 Å². The minimum atomic E-state index is -4.57. The van der Waals surface area contributed by atoms with Crippen molar-refractivity contribution in [1.82, 2.24) is 0 Å². The molecular weight excluding hydrogens is 393 g/mol. The average Bonchev–Trinajstić information content (AvgIpc) is 3.14. The average molecular weight is 422 g/mol. The number of carbonyl (C=O) groups is 3. The van der Waals surface area contributed by atoms with E-state index in [9.17, 15) is 27.6 Å². The van der Waals surface area contributed by atoms with E-state index in [4.69, 9.17) is 14.2 Å². The van der Waals surface area contributed by atoms with Gasteiger partial charge in [-0.1, -0.05) is 6.92 Å². The fourth-order valence-electron chi connectivity index (χ4n) is 3.98. The standard InChI is InChI=1S/C20H29F3O6/c1-4-19(2,3)18(26)28-6-5-27-17(25)14-7-12-9-15(10-13(12)8-14)29-16(24)11-20(21,22)23/h12-15H,4-11H2,1-3H3. The third-order valence-electron chi connectivity index (χ3n) is 5.95. The van der Waals surface area contributed by atoms with Gasteiger partial charge in [0.2, 0.25) is 0 Å². The zero-order valence-electron chi connectivity index (χ0n) is 17.0. The second-order valence-corrected chi connectivity index (χ2v) is 8.60. The zero-order chi connectivity index (χ0) is 21.8. The normalized spacial score (nSPS) is 26.7. The van der Waals surface area contributed by atoms with Crippen molar-refractivity contribution < 1.29 is 41.8 Å². The summed E-state index contributed by atoms with van der Waals surface area (Å²) in [4.78, 5) is 35.4. The highest BCUT2D eigenvalue weighted by molar-refractivity contribution is 5.76. The predicted octanol–water partition coefficient (Wildman–Crippen LogP) is 3.81. The molecule has 0 radical (unpaired) electrons. The molecule has 0 aliphatic heterocycles. The number of ether oxygens (including phenoxy) is 3. The molecule has 166 valence electrons. The predicted molar refractivity (Wildman–Crippen MR) is 95.5 cm³/mol. The van der Waals surface area contributed by atoms with Gasteiger partial charge in [-0.2, -0.15) is 13.2 Å². The Morgan fingerprint density at radius 1 is 0.931 bits per heavy atom. The van der Waals surface area contributed by atoms with Crippen molar-refractivity contribution in [3.8, 4) is 0 Å². The molecule has 2 aliphatic rings. The molecule has 2 aliphatic carbocycles. The van der Waals surface area contributed by atoms with Gasteiger partial charge < -0.3 is 14.2 Å². The van der Waals surface area contributed by atoms with Gasteiger partial charge in [-0.15, -0.1) is 0 Å². The first kappa shape index (κ1) is 23.5. The molecule has 0 saturated heterocycles. The molecule has 0 aromatic carbocycles. The topological polar surface area (TPSA) is 78.9 Å². The van der Waals surface area contributed by atoms with Crippen LogP contribution >= 0.6 is 0 Å². The number of hydrogen-bond donors (Lipinski definition) is 0. The van der Waals surface area contributed by atoms with Crippen molar-refractivity contribution in [2.45, 2.75) is 71.6 Å². The monoisotopic (exact) mass is 422 g/mol. The summed E-state index contributed by atoms with van der Waals surface area (Å²) in [5, 5.41) is 0. The molecular formula is C20H29F3O6. The maximum Gasteiger partial charge on any atom is 0.399 e. The Morgan fingerprint density at radius 3 is 2.00 bits per heavy atom. The first-order valence-corrected chi connectivity index (χ1v) is 10.0. The largest absolute Gasteiger partial charge is 0.462 e. The van der Waals surface area contributed by atoms with Gasteiger partial charge in [-0.3, -0.25) is 14.4 Å². The number of hydrogen-bond acceptors (Lipinski definition) is 6. The molecule has 6 nitrogen and oxygen atoms in total. The fourth-order valence-corrected chi connectivity index (χ4v) is 3.98. The van der Waals surface area contributed by atoms with E-state index in [0.29, 0.717) is 32.1 Å². The summed E-state index contributed by atoms with van der Waals surface area (Å²) in [5.41, 5.74) is -0.576. The lowest BCUT2D eigenvalue weighted by Crippen LogP contribution is -2.27. The van der Waals surface area contributed by atoms with Gasteiger partial charge in [0.1, 0.15) is 25.7 Å². The van der Waals surface area contributed by atoms with Gasteiger partial charge >= 0.3 is 24.1 Å². The van der Waals surface area contributed by atoms with Crippen LogP contribution in [-0.2, 0) is 28.6 Å². The van der Waals surface area contributed by atoms with Crippen LogP contribution in [-0.4, -0.2) is 43.4 Å². The van der Waals surface area contributed by atoms with E-state index < -0.39 is 30.1 Å². The molecule has 0 aromatic heterocycles. The summed E-state index contributed by atoms with van der Waals surface area (Å²) in [5.74, 6) is -1.94. The Morgan fingerprint density at radius 2 is 1.48 bits per heavy atom. The molecule has 2 rings (SSSR count). The second-order valence-electron chi connectivity index (χ2n) is 8.60. The van der Waals surface area contributed by atoms with Gasteiger partial charge in [0, 0.05) is 0 Å². The van der Waals surface area contributed by atoms with E-state index in [1.54, 1.807) is 13.8 Å². The molecule has 0 aromatic rings. The SMILES string of the molecule is CCC(C)(C)C(=O)OCCOC(=O)C1CC2CC(OC(=O)CC(F)(F)F)CC2C1. The quantitative estimate of drug-likeness (QED) is 0.336. The minimum absolute atomic E-state index is 0.00477. The molecule has 0 amide bonds. The van der Waals surface area contributed by atoms with Crippen LogP contribution < -0.4 is 0 Å². The maximum atomic E-state index is 12.2. The molecule has 2 fully saturated rings. The third kappa shape index (κ3) is 6.89. The van der Waals surface area contributed by atoms with Crippen LogP contribution in [0.1, 0.15) is 59.3 Å². The molecule has 29 heavy (non-hydrogen) atoms. The Bertz CT molecular complexity index is 602. The highest BCUT2D eigenvalue weighted by Crippen LogP contribution is 2.48. The maximum absolute atomic E-state index is 12.2. The minimum Gasteiger partial charge on any atom is -0.462 e. The first-order chi connectivity index (χ1) is 13.4. The molecule has 0 N–H and O–H groups in total. The molecule has 9 heteroatoms. The molecule has 0 bridgehead atoms. The van der Waals surface area contributed by atoms with E-state index in [2.05, 4.69) is 0 Å². The summed E-state index contributed by atoms with van der Waals surface area (Å²) < 4.78 is 51.9. The summed E-state index contributed by atoms with van der Waals surface area (Å²) in [7, 11) is 0. The molecule has 0 heterocycles. The molecule has 2 atom stereocenters. The van der Waals surface area contributed by atoms with E-state index in [1.807, 2.05) is 6.92 Å². The van der Waals surface area contributed by atoms with Gasteiger partial charge in [0.05, 0.1) is 11.3 Å². The number of halogens is 3. The second kappa shape index (κ2) is 9.34. The van der Waals surface area contributed by atoms with Crippen LogP contribution in [0.15, 0.2) is 0 Å². The van der Waals surface area contributed by atoms with Crippen molar-refractivity contribution >= 4 is 17.9 Å². The van der Waals surface area contributed by atoms with E-state index in [-0.39, 0.29) is 42.9 Å². The Kier molecular flexibility index (Phi) is 7.56. The van der Waals surface area contributed by atoms with E-state index in [1.165, 1.54) is 0 Å². The van der Waals surface area contributed by atoms with E-state index in [0.717, 1.165) is 0 Å². The van der Waals surface area contributed by atoms with Crippen molar-refractivity contribution in [2.75, 3.05) is 13.2 Å². The lowest BCUT2D eigenvalue weighted by atomic mass is 9.91. The first-order valence-electron chi connectivity index (χ1n) is 10.0. The van der Waals surface area contributed by atoms with E-state index >= 15 is 0 Å². The zero-order valence-corrected chi connectivity index (χ0v) is 17.0. The van der Waals surface area contributed by atoms with Crippen molar-refractivity contribution in [3.05, 3.63) is 0 Å². The summed E-state index contributed by atoms with van der Waals surface area (Å²) in [6.07, 6.45) is -3.93. The van der Waals surface area contributed by atoms with Crippen LogP contribution in [0.25, 0.3) is 0 Å². The molecule has 2 saturated carbocycles. The lowest BCUT2D eigenvalue weighted by Gasteiger charge is -2.20. The van der Waals surface area contributed by atoms with Crippen molar-refractivity contribution in [1.29, 1.82) is 0 Å². The van der Waals surface area contributed by atoms with Crippen LogP contribution in [0.2, 0.25) is 0 Å². The van der Waals surface area contributed by atoms with Gasteiger partial charge in [-0.25, -0.2) is 0 Å². The number of fused-ring (bicyclic) bond motifs is 1. The molecule has 2 unspecified atom stereocenters. The smallest absolute Gasteiger partial charge is 0.399 e. The third-order valence-corrected chi connectivity index (χ3v) is 5.95. The Balaban J connectivity index is 1.66. The number of esters is 3. The molecule has 0 spiro atoms. The van der Waals surface area contributed by atoms with Crippen LogP contribution in [0.3, 0.4) is 0 Å². The lowest BCUT2D eigenvalue weighted by molar-refractivity contribution is -0.175. The van der Waals surface area contributed by atoms with Gasteiger partial charge in [0.25, 0.3) is 0 Å². The van der Waals surface area contributed by atoms with Crippen LogP contribution in [0, 0.1) is 23.2 Å². The number of alkyl halides is 3. The van der Waals surface area contributed by atoms with Crippen molar-refractivity contribution in [2.24, 2.45) is 23.2 Å². The number of carbonyl (C=O) groups excluding carboxylic acids is 3. The Labute approximate surface area is 168 Å². The summed E-state index contributed by atoms with van der Waals surface area (Å²) in [6.45, 7) is 5.46. The number of rotatable bonds is 8. The van der Waals surface area contributed by atoms with Gasteiger partial charge in [-0.05, 0) is 57.8 Å². The highest BCUT2D eigenvalue weighted by atomic mass is 19.4. The fraction of sp³-hybridized carbons (Fsp3) is 0.850. The summed E-state index contributed by atoms with van der Waals surface area (Å²) >= 11 is 0. The summed E-state index contributed by atoms with van der Waals surface area (Å²) in [6, 6.07) is 0. The highest BCUT2D eigenvalue weighted by Gasteiger charge is 2.46. The van der Waals surface area contributed by atoms with Gasteiger partial charge in [0.15, 0.2) is 0 Å².